The molecule has 1 amide bonds. The maximum absolute atomic E-state index is 12.0. The van der Waals surface area contributed by atoms with E-state index in [1.165, 1.54) is 18.6 Å². The molecule has 1 unspecified atom stereocenters. The monoisotopic (exact) mass is 313 g/mol. The Kier molecular flexibility index (Phi) is 4.15. The van der Waals surface area contributed by atoms with Crippen molar-refractivity contribution in [3.8, 4) is 0 Å². The quantitative estimate of drug-likeness (QED) is 0.926. The number of hydrogen-bond donors (Lipinski definition) is 1. The van der Waals surface area contributed by atoms with Crippen molar-refractivity contribution < 1.29 is 4.79 Å². The first-order valence-electron chi connectivity index (χ1n) is 5.77. The third kappa shape index (κ3) is 3.49. The van der Waals surface area contributed by atoms with Crippen molar-refractivity contribution in [2.75, 3.05) is 12.3 Å². The summed E-state index contributed by atoms with van der Waals surface area (Å²) in [4.78, 5) is 12.0. The van der Waals surface area contributed by atoms with Gasteiger partial charge in [0.2, 0.25) is 0 Å². The minimum Gasteiger partial charge on any atom is -0.351 e. The van der Waals surface area contributed by atoms with E-state index in [0.29, 0.717) is 5.56 Å². The Labute approximate surface area is 115 Å². The first kappa shape index (κ1) is 13.0. The van der Waals surface area contributed by atoms with Gasteiger partial charge in [0, 0.05) is 21.3 Å². The number of halogens is 1. The number of rotatable bonds is 3. The van der Waals surface area contributed by atoms with Crippen molar-refractivity contribution >= 4 is 33.6 Å². The zero-order valence-corrected chi connectivity index (χ0v) is 12.2. The van der Waals surface area contributed by atoms with Crippen molar-refractivity contribution in [1.29, 1.82) is 0 Å². The molecule has 1 heterocycles. The number of carbonyl (C=O) groups is 1. The molecule has 0 saturated carbocycles. The van der Waals surface area contributed by atoms with Crippen LogP contribution in [0.1, 0.15) is 30.1 Å². The molecule has 0 bridgehead atoms. The fourth-order valence-corrected chi connectivity index (χ4v) is 3.62. The van der Waals surface area contributed by atoms with E-state index in [0.717, 1.165) is 11.0 Å². The molecule has 0 aromatic heterocycles. The Hall–Kier alpha value is -0.480. The van der Waals surface area contributed by atoms with Gasteiger partial charge in [-0.05, 0) is 43.7 Å². The minimum atomic E-state index is 0.0139. The molecule has 1 aromatic rings. The average Bonchev–Trinajstić information content (AvgIpc) is 2.74. The van der Waals surface area contributed by atoms with Crippen molar-refractivity contribution in [3.05, 3.63) is 34.3 Å². The highest BCUT2D eigenvalue weighted by Gasteiger charge is 2.29. The van der Waals surface area contributed by atoms with Crippen LogP contribution in [-0.2, 0) is 0 Å². The van der Waals surface area contributed by atoms with E-state index in [2.05, 4.69) is 28.2 Å². The number of amides is 1. The van der Waals surface area contributed by atoms with Gasteiger partial charge in [0.15, 0.2) is 0 Å². The highest BCUT2D eigenvalue weighted by atomic mass is 79.9. The molecule has 1 saturated heterocycles. The van der Waals surface area contributed by atoms with Crippen LogP contribution in [0.25, 0.3) is 0 Å². The van der Waals surface area contributed by atoms with E-state index in [1.807, 2.05) is 36.0 Å². The molecule has 1 aromatic carbocycles. The van der Waals surface area contributed by atoms with Gasteiger partial charge in [0.05, 0.1) is 0 Å². The summed E-state index contributed by atoms with van der Waals surface area (Å²) in [5.41, 5.74) is 0.714. The molecule has 1 aliphatic heterocycles. The van der Waals surface area contributed by atoms with Gasteiger partial charge in [-0.3, -0.25) is 4.79 Å². The van der Waals surface area contributed by atoms with Crippen LogP contribution in [0.3, 0.4) is 0 Å². The predicted molar refractivity (Wildman–Crippen MR) is 76.6 cm³/mol. The van der Waals surface area contributed by atoms with Gasteiger partial charge in [-0.2, -0.15) is 11.8 Å². The predicted octanol–water partition coefficient (Wildman–Crippen LogP) is 3.46. The molecule has 17 heavy (non-hydrogen) atoms. The van der Waals surface area contributed by atoms with Crippen LogP contribution >= 0.6 is 27.7 Å². The maximum Gasteiger partial charge on any atom is 0.251 e. The molecule has 2 rings (SSSR count). The van der Waals surface area contributed by atoms with E-state index in [-0.39, 0.29) is 10.7 Å². The lowest BCUT2D eigenvalue weighted by Crippen LogP contribution is -2.36. The van der Waals surface area contributed by atoms with Crippen LogP contribution in [0.4, 0.5) is 0 Å². The molecule has 2 nitrogen and oxygen atoms in total. The fraction of sp³-hybridized carbons (Fsp3) is 0.462. The normalized spacial score (nSPS) is 23.6. The molecule has 0 radical (unpaired) electrons. The summed E-state index contributed by atoms with van der Waals surface area (Å²) in [7, 11) is 0. The summed E-state index contributed by atoms with van der Waals surface area (Å²) in [6.07, 6.45) is 2.45. The second-order valence-electron chi connectivity index (χ2n) is 4.59. The highest BCUT2D eigenvalue weighted by molar-refractivity contribution is 9.10. The molecular weight excluding hydrogens is 298 g/mol. The van der Waals surface area contributed by atoms with E-state index in [4.69, 9.17) is 0 Å². The Morgan fingerprint density at radius 2 is 2.41 bits per heavy atom. The summed E-state index contributed by atoms with van der Waals surface area (Å²) < 4.78 is 1.16. The molecule has 92 valence electrons. The standard InChI is InChI=1S/C13H16BrNOS/c1-13(6-3-7-17-13)9-15-12(16)10-4-2-5-11(14)8-10/h2,4-5,8H,3,6-7,9H2,1H3,(H,15,16). The van der Waals surface area contributed by atoms with Gasteiger partial charge < -0.3 is 5.32 Å². The van der Waals surface area contributed by atoms with Gasteiger partial charge in [-0.25, -0.2) is 0 Å². The average molecular weight is 314 g/mol. The summed E-state index contributed by atoms with van der Waals surface area (Å²) in [5, 5.41) is 3.03. The second-order valence-corrected chi connectivity index (χ2v) is 7.19. The van der Waals surface area contributed by atoms with E-state index in [1.54, 1.807) is 0 Å². The lowest BCUT2D eigenvalue weighted by atomic mass is 10.1. The Bertz CT molecular complexity index is 416. The van der Waals surface area contributed by atoms with Crippen molar-refractivity contribution in [2.45, 2.75) is 24.5 Å². The van der Waals surface area contributed by atoms with Gasteiger partial charge in [-0.15, -0.1) is 0 Å². The van der Waals surface area contributed by atoms with E-state index >= 15 is 0 Å². The minimum absolute atomic E-state index is 0.0139. The van der Waals surface area contributed by atoms with Crippen LogP contribution in [0.5, 0.6) is 0 Å². The SMILES string of the molecule is CC1(CNC(=O)c2cccc(Br)c2)CCCS1. The number of hydrogen-bond acceptors (Lipinski definition) is 2. The Morgan fingerprint density at radius 3 is 3.06 bits per heavy atom. The first-order chi connectivity index (χ1) is 8.09. The van der Waals surface area contributed by atoms with Crippen molar-refractivity contribution in [1.82, 2.24) is 5.32 Å². The number of benzene rings is 1. The van der Waals surface area contributed by atoms with Crippen LogP contribution in [0, 0.1) is 0 Å². The van der Waals surface area contributed by atoms with E-state index < -0.39 is 0 Å². The van der Waals surface area contributed by atoms with Crippen molar-refractivity contribution in [2.24, 2.45) is 0 Å². The van der Waals surface area contributed by atoms with Gasteiger partial charge >= 0.3 is 0 Å². The summed E-state index contributed by atoms with van der Waals surface area (Å²) >= 11 is 5.34. The fourth-order valence-electron chi connectivity index (χ4n) is 1.98. The summed E-state index contributed by atoms with van der Waals surface area (Å²) in [6, 6.07) is 7.49. The van der Waals surface area contributed by atoms with Gasteiger partial charge in [0.1, 0.15) is 0 Å². The third-order valence-electron chi connectivity index (χ3n) is 3.01. The second kappa shape index (κ2) is 5.44. The summed E-state index contributed by atoms with van der Waals surface area (Å²) in [6.45, 7) is 2.98. The number of nitrogens with one attached hydrogen (secondary N) is 1. The van der Waals surface area contributed by atoms with E-state index in [9.17, 15) is 4.79 Å². The molecular formula is C13H16BrNOS. The van der Waals surface area contributed by atoms with Crippen LogP contribution < -0.4 is 5.32 Å². The zero-order valence-electron chi connectivity index (χ0n) is 9.83. The number of carbonyl (C=O) groups excluding carboxylic acids is 1. The van der Waals surface area contributed by atoms with Crippen LogP contribution in [0.2, 0.25) is 0 Å². The number of thioether (sulfide) groups is 1. The summed E-state index contributed by atoms with van der Waals surface area (Å²) in [5.74, 6) is 1.23. The molecule has 1 atom stereocenters. The smallest absolute Gasteiger partial charge is 0.251 e. The van der Waals surface area contributed by atoms with Crippen molar-refractivity contribution in [3.63, 3.8) is 0 Å². The Morgan fingerprint density at radius 1 is 1.59 bits per heavy atom. The van der Waals surface area contributed by atoms with Gasteiger partial charge in [0.25, 0.3) is 5.91 Å². The van der Waals surface area contributed by atoms with Crippen LogP contribution in [0.15, 0.2) is 28.7 Å². The molecule has 1 aliphatic rings. The first-order valence-corrected chi connectivity index (χ1v) is 7.55. The van der Waals surface area contributed by atoms with Gasteiger partial charge in [-0.1, -0.05) is 22.0 Å². The van der Waals surface area contributed by atoms with Crippen LogP contribution in [-0.4, -0.2) is 23.0 Å². The third-order valence-corrected chi connectivity index (χ3v) is 5.04. The Balaban J connectivity index is 1.93. The zero-order chi connectivity index (χ0) is 12.3. The molecule has 4 heteroatoms. The molecule has 0 spiro atoms. The molecule has 1 N–H and O–H groups in total. The largest absolute Gasteiger partial charge is 0.351 e. The topological polar surface area (TPSA) is 29.1 Å². The molecule has 1 fully saturated rings. The lowest BCUT2D eigenvalue weighted by Gasteiger charge is -2.22. The highest BCUT2D eigenvalue weighted by Crippen LogP contribution is 2.36. The maximum atomic E-state index is 12.0. The lowest BCUT2D eigenvalue weighted by molar-refractivity contribution is 0.0950. The molecule has 0 aliphatic carbocycles.